The lowest BCUT2D eigenvalue weighted by Gasteiger charge is -2.48. The van der Waals surface area contributed by atoms with E-state index in [-0.39, 0.29) is 56.5 Å². The maximum Gasteiger partial charge on any atom is 0.312 e. The van der Waals surface area contributed by atoms with Crippen molar-refractivity contribution in [3.05, 3.63) is 11.6 Å². The molecule has 1 aliphatic heterocycles. The second-order valence-electron chi connectivity index (χ2n) is 17.3. The smallest absolute Gasteiger partial charge is 0.312 e. The number of aliphatic hydroxyl groups excluding tert-OH is 1. The molecule has 0 amide bonds. The second kappa shape index (κ2) is 12.5. The van der Waals surface area contributed by atoms with Crippen molar-refractivity contribution >= 4 is 11.9 Å². The Bertz CT molecular complexity index is 1120. The van der Waals surface area contributed by atoms with Crippen LogP contribution in [0.4, 0.5) is 0 Å². The molecule has 8 heteroatoms. The largest absolute Gasteiger partial charge is 0.465 e. The monoisotopic (exact) mass is 628 g/mol. The number of allylic oxidation sites excluding steroid dienone is 1. The summed E-state index contributed by atoms with van der Waals surface area (Å²) in [6.45, 7) is 5.05. The van der Waals surface area contributed by atoms with E-state index < -0.39 is 22.5 Å². The van der Waals surface area contributed by atoms with Crippen LogP contribution in [0.2, 0.25) is 0 Å². The van der Waals surface area contributed by atoms with Crippen LogP contribution in [0.1, 0.15) is 110 Å². The van der Waals surface area contributed by atoms with Gasteiger partial charge in [0.2, 0.25) is 0 Å². The van der Waals surface area contributed by atoms with E-state index in [1.165, 1.54) is 31.3 Å². The van der Waals surface area contributed by atoms with Gasteiger partial charge in [0.25, 0.3) is 0 Å². The molecular formula is C37H56O8. The summed E-state index contributed by atoms with van der Waals surface area (Å²) in [6.07, 6.45) is 15.0. The fourth-order valence-electron chi connectivity index (χ4n) is 11.3. The fraction of sp³-hybridized carbons (Fsp3) is 0.892. The van der Waals surface area contributed by atoms with E-state index in [9.17, 15) is 19.8 Å². The Morgan fingerprint density at radius 1 is 0.867 bits per heavy atom. The van der Waals surface area contributed by atoms with Gasteiger partial charge in [-0.2, -0.15) is 0 Å². The van der Waals surface area contributed by atoms with Crippen molar-refractivity contribution in [3.8, 4) is 0 Å². The van der Waals surface area contributed by atoms with Crippen molar-refractivity contribution in [1.82, 2.24) is 0 Å². The number of carbonyl (C=O) groups is 2. The standard InChI is InChI=1S/C37H56O8/c1-23-6-28-12-31(38)18-36(13-23,15-28)34(40)45-22-35(19-42-32(39)30-11-27-7-24(2)14-37(41,16-27)17-30)20-43-33(44-21-35)29-9-25-4-3-5-26(8-25)10-29/h9,23-24,26-31,33,38,41H,3-8,10-22H2,1-2H3. The normalized spacial score (nSPS) is 47.7. The molecule has 7 aliphatic rings. The summed E-state index contributed by atoms with van der Waals surface area (Å²) in [5.74, 6) is 1.65. The minimum Gasteiger partial charge on any atom is -0.465 e. The van der Waals surface area contributed by atoms with Crippen LogP contribution in [0.3, 0.4) is 0 Å². The molecule has 0 aromatic carbocycles. The Balaban J connectivity index is 1.03. The Labute approximate surface area is 269 Å². The van der Waals surface area contributed by atoms with Crippen LogP contribution in [-0.2, 0) is 28.5 Å². The molecule has 0 aromatic rings. The van der Waals surface area contributed by atoms with Crippen molar-refractivity contribution < 1.29 is 38.7 Å². The highest BCUT2D eigenvalue weighted by atomic mass is 16.7. The first kappa shape index (κ1) is 32.1. The third-order valence-corrected chi connectivity index (χ3v) is 12.7. The number of ether oxygens (including phenoxy) is 4. The summed E-state index contributed by atoms with van der Waals surface area (Å²) in [4.78, 5) is 27.3. The zero-order valence-corrected chi connectivity index (χ0v) is 27.6. The molecule has 45 heavy (non-hydrogen) atoms. The van der Waals surface area contributed by atoms with Crippen molar-refractivity contribution in [3.63, 3.8) is 0 Å². The Morgan fingerprint density at radius 2 is 1.60 bits per heavy atom. The number of rotatable bonds is 7. The number of hydrogen-bond acceptors (Lipinski definition) is 8. The van der Waals surface area contributed by atoms with Gasteiger partial charge in [0.1, 0.15) is 13.2 Å². The van der Waals surface area contributed by atoms with Gasteiger partial charge in [0.15, 0.2) is 6.29 Å². The summed E-state index contributed by atoms with van der Waals surface area (Å²) < 4.78 is 25.0. The van der Waals surface area contributed by atoms with Gasteiger partial charge >= 0.3 is 11.9 Å². The van der Waals surface area contributed by atoms with E-state index in [0.717, 1.165) is 57.8 Å². The van der Waals surface area contributed by atoms with Gasteiger partial charge in [0.05, 0.1) is 41.7 Å². The Hall–Kier alpha value is -1.48. The summed E-state index contributed by atoms with van der Waals surface area (Å²) in [5.41, 5.74) is -0.724. The van der Waals surface area contributed by atoms with Crippen molar-refractivity contribution in [1.29, 1.82) is 0 Å². The summed E-state index contributed by atoms with van der Waals surface area (Å²) in [5, 5.41) is 21.8. The van der Waals surface area contributed by atoms with E-state index in [0.29, 0.717) is 42.4 Å². The molecule has 1 heterocycles. The molecule has 5 saturated carbocycles. The Morgan fingerprint density at radius 3 is 2.36 bits per heavy atom. The SMILES string of the molecule is CC1CC2CC(C(=O)OCC3(COC(=O)C45CC(C)CC(CC(O)C4)C5)COC(C4C=C5CCCC(C5)C4)OC3)CC(O)(C1)C2. The fourth-order valence-corrected chi connectivity index (χ4v) is 11.3. The van der Waals surface area contributed by atoms with Crippen LogP contribution in [0.5, 0.6) is 0 Å². The molecule has 6 aliphatic carbocycles. The maximum absolute atomic E-state index is 13.8. The zero-order chi connectivity index (χ0) is 31.4. The number of aliphatic hydroxyl groups is 2. The van der Waals surface area contributed by atoms with Crippen LogP contribution in [0.15, 0.2) is 11.6 Å². The van der Waals surface area contributed by atoms with Gasteiger partial charge in [-0.1, -0.05) is 25.5 Å². The molecule has 1 saturated heterocycles. The number of esters is 2. The molecule has 7 rings (SSSR count). The van der Waals surface area contributed by atoms with E-state index in [1.54, 1.807) is 0 Å². The quantitative estimate of drug-likeness (QED) is 0.272. The van der Waals surface area contributed by atoms with E-state index >= 15 is 0 Å². The summed E-state index contributed by atoms with van der Waals surface area (Å²) >= 11 is 0. The molecule has 2 N–H and O–H groups in total. The molecule has 10 atom stereocenters. The highest BCUT2D eigenvalue weighted by Gasteiger charge is 2.52. The topological polar surface area (TPSA) is 112 Å². The van der Waals surface area contributed by atoms with Crippen LogP contribution in [-0.4, -0.2) is 66.6 Å². The van der Waals surface area contributed by atoms with Crippen LogP contribution >= 0.6 is 0 Å². The first-order chi connectivity index (χ1) is 21.5. The average molecular weight is 629 g/mol. The minimum atomic E-state index is -0.806. The molecule has 8 nitrogen and oxygen atoms in total. The van der Waals surface area contributed by atoms with Gasteiger partial charge < -0.3 is 29.2 Å². The molecule has 0 aromatic heterocycles. The molecule has 6 fully saturated rings. The maximum atomic E-state index is 13.8. The first-order valence-corrected chi connectivity index (χ1v) is 18.2. The van der Waals surface area contributed by atoms with Crippen LogP contribution in [0, 0.1) is 52.3 Å². The van der Waals surface area contributed by atoms with Crippen LogP contribution in [0.25, 0.3) is 0 Å². The predicted molar refractivity (Wildman–Crippen MR) is 167 cm³/mol. The lowest BCUT2D eigenvalue weighted by molar-refractivity contribution is -0.263. The third-order valence-electron chi connectivity index (χ3n) is 12.7. The van der Waals surface area contributed by atoms with Crippen molar-refractivity contribution in [2.75, 3.05) is 26.4 Å². The first-order valence-electron chi connectivity index (χ1n) is 18.2. The van der Waals surface area contributed by atoms with Crippen molar-refractivity contribution in [2.24, 2.45) is 52.3 Å². The van der Waals surface area contributed by atoms with E-state index in [1.807, 2.05) is 0 Å². The van der Waals surface area contributed by atoms with Gasteiger partial charge in [-0.05, 0) is 126 Å². The van der Waals surface area contributed by atoms with E-state index in [4.69, 9.17) is 18.9 Å². The molecule has 6 bridgehead atoms. The second-order valence-corrected chi connectivity index (χ2v) is 17.3. The molecule has 252 valence electrons. The molecule has 0 radical (unpaired) electrons. The lowest BCUT2D eigenvalue weighted by Crippen LogP contribution is -2.52. The zero-order valence-electron chi connectivity index (χ0n) is 27.6. The summed E-state index contributed by atoms with van der Waals surface area (Å²) in [6, 6.07) is 0. The van der Waals surface area contributed by atoms with Gasteiger partial charge in [-0.15, -0.1) is 0 Å². The predicted octanol–water partition coefficient (Wildman–Crippen LogP) is 5.72. The van der Waals surface area contributed by atoms with Gasteiger partial charge in [-0.25, -0.2) is 0 Å². The molecule has 0 spiro atoms. The highest BCUT2D eigenvalue weighted by Crippen LogP contribution is 2.52. The van der Waals surface area contributed by atoms with Gasteiger partial charge in [-0.3, -0.25) is 9.59 Å². The van der Waals surface area contributed by atoms with Gasteiger partial charge in [0, 0.05) is 5.92 Å². The molecular weight excluding hydrogens is 572 g/mol. The number of fused-ring (bicyclic) bond motifs is 6. The molecule has 10 unspecified atom stereocenters. The van der Waals surface area contributed by atoms with Crippen LogP contribution < -0.4 is 0 Å². The lowest BCUT2D eigenvalue weighted by atomic mass is 9.58. The highest BCUT2D eigenvalue weighted by molar-refractivity contribution is 5.77. The average Bonchev–Trinajstić information content (AvgIpc) is 2.97. The number of carbonyl (C=O) groups excluding carboxylic acids is 2. The van der Waals surface area contributed by atoms with E-state index in [2.05, 4.69) is 19.9 Å². The Kier molecular flexibility index (Phi) is 8.93. The summed E-state index contributed by atoms with van der Waals surface area (Å²) in [7, 11) is 0. The van der Waals surface area contributed by atoms with Crippen molar-refractivity contribution in [2.45, 2.75) is 128 Å². The number of hydrogen-bond donors (Lipinski definition) is 2. The minimum absolute atomic E-state index is 0.0465. The third kappa shape index (κ3) is 6.91.